The molecule has 0 spiro atoms. The van der Waals surface area contributed by atoms with E-state index in [0.29, 0.717) is 0 Å². The van der Waals surface area contributed by atoms with Crippen LogP contribution >= 0.6 is 25.3 Å². The number of rotatable bonds is 3. The number of benzene rings is 1. The van der Waals surface area contributed by atoms with Crippen LogP contribution in [0.1, 0.15) is 11.1 Å². The summed E-state index contributed by atoms with van der Waals surface area (Å²) in [5.41, 5.74) is 2.79. The maximum atomic E-state index is 3.50. The molecule has 1 atom stereocenters. The van der Waals surface area contributed by atoms with Gasteiger partial charge in [0, 0.05) is 38.1 Å². The van der Waals surface area contributed by atoms with Crippen LogP contribution < -0.4 is 0 Å². The number of nitrogens with zero attached hydrogens (tertiary/aromatic N) is 2. The number of hydrogen-bond acceptors (Lipinski definition) is 2. The quantitative estimate of drug-likeness (QED) is 0.625. The number of alkyl halides is 1. The van der Waals surface area contributed by atoms with Gasteiger partial charge in [-0.05, 0) is 11.1 Å². The third-order valence-electron chi connectivity index (χ3n) is 2.96. The van der Waals surface area contributed by atoms with Crippen molar-refractivity contribution in [2.75, 3.05) is 26.2 Å². The lowest BCUT2D eigenvalue weighted by atomic mass is 10.1. The Balaban J connectivity index is 1.93. The second kappa shape index (κ2) is 6.11. The predicted molar refractivity (Wildman–Crippen MR) is 75.6 cm³/mol. The Hall–Kier alpha value is 0.0500. The topological polar surface area (TPSA) is 6.48 Å². The van der Waals surface area contributed by atoms with E-state index in [-0.39, 0.29) is 0 Å². The van der Waals surface area contributed by atoms with E-state index < -0.39 is 0 Å². The first-order valence-electron chi connectivity index (χ1n) is 5.64. The lowest BCUT2D eigenvalue weighted by molar-refractivity contribution is 0.189. The predicted octanol–water partition coefficient (Wildman–Crippen LogP) is 2.49. The van der Waals surface area contributed by atoms with Crippen molar-refractivity contribution in [3.8, 4) is 0 Å². The molecule has 1 fully saturated rings. The van der Waals surface area contributed by atoms with Crippen LogP contribution in [0, 0.1) is 0 Å². The molecule has 1 unspecified atom stereocenters. The Bertz CT molecular complexity index is 338. The summed E-state index contributed by atoms with van der Waals surface area (Å²) >= 11 is 3.50. The zero-order chi connectivity index (χ0) is 11.4. The van der Waals surface area contributed by atoms with Gasteiger partial charge in [-0.1, -0.05) is 49.6 Å². The fourth-order valence-corrected chi connectivity index (χ4v) is 2.57. The van der Waals surface area contributed by atoms with Gasteiger partial charge in [-0.15, -0.1) is 0 Å². The molecule has 1 aliphatic heterocycles. The van der Waals surface area contributed by atoms with Crippen LogP contribution in [0.5, 0.6) is 0 Å². The lowest BCUT2D eigenvalue weighted by Crippen LogP contribution is -2.41. The van der Waals surface area contributed by atoms with Gasteiger partial charge < -0.3 is 0 Å². The van der Waals surface area contributed by atoms with Gasteiger partial charge in [0.25, 0.3) is 0 Å². The minimum Gasteiger partial charge on any atom is -0.297 e. The molecular weight excluding hydrogens is 283 g/mol. The molecule has 16 heavy (non-hydrogen) atoms. The Morgan fingerprint density at radius 2 is 1.81 bits per heavy atom. The van der Waals surface area contributed by atoms with Gasteiger partial charge in [0.05, 0.1) is 0 Å². The Morgan fingerprint density at radius 3 is 2.50 bits per heavy atom. The van der Waals surface area contributed by atoms with Gasteiger partial charge >= 0.3 is 0 Å². The molecule has 1 saturated heterocycles. The normalized spacial score (nSPS) is 18.9. The summed E-state index contributed by atoms with van der Waals surface area (Å²) in [6.45, 7) is 5.73. The summed E-state index contributed by atoms with van der Waals surface area (Å²) < 4.78 is 2.31. The van der Waals surface area contributed by atoms with Crippen molar-refractivity contribution in [1.82, 2.24) is 9.57 Å². The van der Waals surface area contributed by atoms with E-state index in [9.17, 15) is 0 Å². The van der Waals surface area contributed by atoms with Crippen molar-refractivity contribution in [3.63, 3.8) is 0 Å². The van der Waals surface area contributed by atoms with E-state index in [2.05, 4.69) is 59.2 Å². The maximum Gasteiger partial charge on any atom is 0.0283 e. The van der Waals surface area contributed by atoms with Crippen molar-refractivity contribution >= 4 is 25.3 Å². The summed E-state index contributed by atoms with van der Waals surface area (Å²) in [7, 11) is 2.79. The van der Waals surface area contributed by atoms with Crippen LogP contribution in [0.2, 0.25) is 0 Å². The highest BCUT2D eigenvalue weighted by Crippen LogP contribution is 2.13. The van der Waals surface area contributed by atoms with Crippen LogP contribution in [0.3, 0.4) is 0 Å². The molecule has 88 valence electrons. The van der Waals surface area contributed by atoms with Crippen LogP contribution in [0.15, 0.2) is 24.3 Å². The van der Waals surface area contributed by atoms with E-state index in [1.807, 2.05) is 0 Å². The van der Waals surface area contributed by atoms with E-state index in [4.69, 9.17) is 0 Å². The minimum atomic E-state index is 0.945. The molecule has 2 nitrogen and oxygen atoms in total. The smallest absolute Gasteiger partial charge is 0.0283 e. The molecular formula is C12H18BrN2P. The highest BCUT2D eigenvalue weighted by Gasteiger charge is 2.13. The second-order valence-corrected chi connectivity index (χ2v) is 5.56. The van der Waals surface area contributed by atoms with E-state index in [1.165, 1.54) is 24.2 Å². The highest BCUT2D eigenvalue weighted by molar-refractivity contribution is 9.08. The van der Waals surface area contributed by atoms with Crippen LogP contribution in [-0.2, 0) is 11.9 Å². The van der Waals surface area contributed by atoms with Crippen molar-refractivity contribution in [1.29, 1.82) is 0 Å². The number of hydrogen-bond donors (Lipinski definition) is 0. The molecule has 1 aromatic rings. The summed E-state index contributed by atoms with van der Waals surface area (Å²) in [4.78, 5) is 2.52. The molecule has 0 saturated carbocycles. The van der Waals surface area contributed by atoms with Gasteiger partial charge in [-0.3, -0.25) is 9.57 Å². The molecule has 0 aromatic heterocycles. The van der Waals surface area contributed by atoms with Crippen LogP contribution in [0.4, 0.5) is 0 Å². The Kier molecular flexibility index (Phi) is 4.78. The zero-order valence-electron chi connectivity index (χ0n) is 9.40. The van der Waals surface area contributed by atoms with Crippen molar-refractivity contribution in [3.05, 3.63) is 35.4 Å². The third kappa shape index (κ3) is 3.53. The highest BCUT2D eigenvalue weighted by atomic mass is 79.9. The molecule has 0 N–H and O–H groups in total. The standard InChI is InChI=1S/C12H18BrN2P/c13-9-11-2-1-3-12(8-11)10-14-4-6-15(16)7-5-14/h1-3,8H,4-7,9-10,16H2. The molecule has 0 bridgehead atoms. The first-order chi connectivity index (χ1) is 7.78. The van der Waals surface area contributed by atoms with E-state index >= 15 is 0 Å². The van der Waals surface area contributed by atoms with E-state index in [1.54, 1.807) is 0 Å². The molecule has 2 rings (SSSR count). The SMILES string of the molecule is PN1CCN(Cc2cccc(CBr)c2)CC1. The molecule has 0 aliphatic carbocycles. The largest absolute Gasteiger partial charge is 0.297 e. The van der Waals surface area contributed by atoms with Crippen molar-refractivity contribution in [2.45, 2.75) is 11.9 Å². The summed E-state index contributed by atoms with van der Waals surface area (Å²) in [5, 5.41) is 0.945. The van der Waals surface area contributed by atoms with Crippen molar-refractivity contribution < 1.29 is 0 Å². The average Bonchev–Trinajstić information content (AvgIpc) is 2.32. The summed E-state index contributed by atoms with van der Waals surface area (Å²) in [6, 6.07) is 8.83. The summed E-state index contributed by atoms with van der Waals surface area (Å²) in [6.07, 6.45) is 0. The monoisotopic (exact) mass is 300 g/mol. The van der Waals surface area contributed by atoms with Crippen LogP contribution in [0.25, 0.3) is 0 Å². The molecule has 1 aliphatic rings. The number of piperazine rings is 1. The first-order valence-corrected chi connectivity index (χ1v) is 7.27. The number of halogens is 1. The molecule has 1 heterocycles. The second-order valence-electron chi connectivity index (χ2n) is 4.27. The third-order valence-corrected chi connectivity index (χ3v) is 4.12. The summed E-state index contributed by atoms with van der Waals surface area (Å²) in [5.74, 6) is 0. The fourth-order valence-electron chi connectivity index (χ4n) is 1.99. The van der Waals surface area contributed by atoms with Gasteiger partial charge in [-0.2, -0.15) is 0 Å². The van der Waals surface area contributed by atoms with Crippen LogP contribution in [-0.4, -0.2) is 35.7 Å². The minimum absolute atomic E-state index is 0.945. The van der Waals surface area contributed by atoms with Crippen molar-refractivity contribution in [2.24, 2.45) is 0 Å². The molecule has 1 aromatic carbocycles. The van der Waals surface area contributed by atoms with Gasteiger partial charge in [0.2, 0.25) is 0 Å². The maximum absolute atomic E-state index is 3.50. The molecule has 4 heteroatoms. The fraction of sp³-hybridized carbons (Fsp3) is 0.500. The lowest BCUT2D eigenvalue weighted by Gasteiger charge is -2.32. The first kappa shape index (κ1) is 12.5. The zero-order valence-corrected chi connectivity index (χ0v) is 12.1. The van der Waals surface area contributed by atoms with Gasteiger partial charge in [0.15, 0.2) is 0 Å². The van der Waals surface area contributed by atoms with Gasteiger partial charge in [-0.25, -0.2) is 0 Å². The molecule has 0 radical (unpaired) electrons. The Labute approximate surface area is 108 Å². The Morgan fingerprint density at radius 1 is 1.12 bits per heavy atom. The van der Waals surface area contributed by atoms with Gasteiger partial charge in [0.1, 0.15) is 0 Å². The molecule has 0 amide bonds. The van der Waals surface area contributed by atoms with E-state index in [0.717, 1.165) is 25.0 Å². The average molecular weight is 301 g/mol.